The van der Waals surface area contributed by atoms with E-state index in [-0.39, 0.29) is 30.9 Å². The highest BCUT2D eigenvalue weighted by Gasteiger charge is 2.75. The van der Waals surface area contributed by atoms with Gasteiger partial charge in [-0.25, -0.2) is 0 Å². The van der Waals surface area contributed by atoms with E-state index in [2.05, 4.69) is 0 Å². The van der Waals surface area contributed by atoms with Crippen molar-refractivity contribution in [2.75, 3.05) is 38.8 Å². The van der Waals surface area contributed by atoms with Gasteiger partial charge in [0.05, 0.1) is 37.2 Å². The number of fused-ring (bicyclic) bond motifs is 2. The fourth-order valence-electron chi connectivity index (χ4n) is 6.62. The Balaban J connectivity index is 1.68. The number of benzene rings is 1. The molecule has 0 aliphatic carbocycles. The van der Waals surface area contributed by atoms with Gasteiger partial charge in [-0.05, 0) is 37.1 Å². The number of methoxy groups -OCH3 is 1. The van der Waals surface area contributed by atoms with Gasteiger partial charge in [-0.3, -0.25) is 14.4 Å². The van der Waals surface area contributed by atoms with E-state index in [1.54, 1.807) is 48.2 Å². The molecule has 9 heteroatoms. The second-order valence-electron chi connectivity index (χ2n) is 10.3. The van der Waals surface area contributed by atoms with E-state index >= 15 is 0 Å². The van der Waals surface area contributed by atoms with Gasteiger partial charge in [0, 0.05) is 25.8 Å². The Kier molecular flexibility index (Phi) is 6.40. The van der Waals surface area contributed by atoms with Crippen LogP contribution in [0, 0.1) is 11.8 Å². The minimum atomic E-state index is -1.34. The number of anilines is 1. The molecule has 1 aromatic rings. The first-order valence-electron chi connectivity index (χ1n) is 13.0. The predicted octanol–water partition coefficient (Wildman–Crippen LogP) is 1.76. The van der Waals surface area contributed by atoms with Crippen LogP contribution in [0.25, 0.3) is 0 Å². The molecule has 1 aromatic carbocycles. The SMILES string of the molecule is CC[C@@H](CO)N1C(=O)[C@@H]2[C@@H]3C(=O)N(C)CC=C[C@]3(CC)O[C@@]23C=CCN(c2ccc(OC)cc2)C(=O)C13. The van der Waals surface area contributed by atoms with Gasteiger partial charge in [0.1, 0.15) is 17.4 Å². The third-order valence-corrected chi connectivity index (χ3v) is 8.54. The van der Waals surface area contributed by atoms with Gasteiger partial charge < -0.3 is 29.3 Å². The highest BCUT2D eigenvalue weighted by atomic mass is 16.5. The van der Waals surface area contributed by atoms with E-state index in [1.165, 1.54) is 4.90 Å². The molecule has 5 rings (SSSR count). The van der Waals surface area contributed by atoms with Crippen molar-refractivity contribution in [3.8, 4) is 5.75 Å². The lowest BCUT2D eigenvalue weighted by Crippen LogP contribution is -2.59. The number of hydrogen-bond donors (Lipinski definition) is 1. The molecule has 0 saturated carbocycles. The number of likely N-dealkylation sites (tertiary alicyclic amines) is 1. The van der Waals surface area contributed by atoms with Crippen LogP contribution in [0.4, 0.5) is 5.69 Å². The molecule has 0 aromatic heterocycles. The molecule has 3 amide bonds. The van der Waals surface area contributed by atoms with Gasteiger partial charge in [-0.1, -0.05) is 38.2 Å². The van der Waals surface area contributed by atoms with Crippen molar-refractivity contribution in [1.29, 1.82) is 0 Å². The number of likely N-dealkylation sites (N-methyl/N-ethyl adjacent to an activating group) is 1. The van der Waals surface area contributed by atoms with Crippen LogP contribution in [-0.2, 0) is 19.1 Å². The third kappa shape index (κ3) is 3.54. The molecule has 0 bridgehead atoms. The van der Waals surface area contributed by atoms with E-state index in [1.807, 2.05) is 38.2 Å². The molecule has 2 fully saturated rings. The van der Waals surface area contributed by atoms with Crippen LogP contribution in [0.1, 0.15) is 26.7 Å². The average Bonchev–Trinajstić information content (AvgIpc) is 3.21. The maximum atomic E-state index is 14.4. The van der Waals surface area contributed by atoms with Crippen LogP contribution in [-0.4, -0.2) is 89.8 Å². The maximum Gasteiger partial charge on any atom is 0.253 e. The highest BCUT2D eigenvalue weighted by Crippen LogP contribution is 2.59. The Morgan fingerprint density at radius 1 is 1.03 bits per heavy atom. The molecule has 6 atom stereocenters. The molecule has 1 spiro atoms. The van der Waals surface area contributed by atoms with Crippen LogP contribution < -0.4 is 9.64 Å². The number of aliphatic hydroxyl groups excluding tert-OH is 1. The molecule has 4 aliphatic heterocycles. The molecule has 4 aliphatic rings. The monoisotopic (exact) mass is 509 g/mol. The fraction of sp³-hybridized carbons (Fsp3) is 0.536. The van der Waals surface area contributed by atoms with Gasteiger partial charge in [-0.15, -0.1) is 0 Å². The Morgan fingerprint density at radius 3 is 2.35 bits per heavy atom. The van der Waals surface area contributed by atoms with Crippen molar-refractivity contribution in [2.45, 2.75) is 50.0 Å². The largest absolute Gasteiger partial charge is 0.497 e. The smallest absolute Gasteiger partial charge is 0.253 e. The summed E-state index contributed by atoms with van der Waals surface area (Å²) in [6, 6.07) is 5.57. The number of aliphatic hydroxyl groups is 1. The number of amides is 3. The van der Waals surface area contributed by atoms with E-state index in [0.717, 1.165) is 0 Å². The van der Waals surface area contributed by atoms with Crippen LogP contribution in [0.15, 0.2) is 48.6 Å². The van der Waals surface area contributed by atoms with Gasteiger partial charge in [-0.2, -0.15) is 0 Å². The van der Waals surface area contributed by atoms with Crippen molar-refractivity contribution < 1.29 is 29.0 Å². The molecule has 4 heterocycles. The summed E-state index contributed by atoms with van der Waals surface area (Å²) in [7, 11) is 3.30. The standard InChI is InChI=1S/C28H35N3O6/c1-5-18(17-32)31-23-26(35)30(19-9-11-20(36-4)12-10-19)16-8-14-28(23)22(25(31)34)21-24(33)29(3)15-7-13-27(21,6-2)37-28/h7-14,18,21-23,32H,5-6,15-17H2,1-4H3/t18-,21+,22-,23?,27-,28-/m0/s1. The number of hydrogen-bond acceptors (Lipinski definition) is 6. The van der Waals surface area contributed by atoms with Crippen LogP contribution in [0.2, 0.25) is 0 Å². The zero-order valence-electron chi connectivity index (χ0n) is 21.8. The van der Waals surface area contributed by atoms with Gasteiger partial charge in [0.2, 0.25) is 11.8 Å². The van der Waals surface area contributed by atoms with Crippen molar-refractivity contribution in [3.05, 3.63) is 48.6 Å². The molecule has 0 radical (unpaired) electrons. The van der Waals surface area contributed by atoms with Crippen LogP contribution in [0.3, 0.4) is 0 Å². The lowest BCUT2D eigenvalue weighted by atomic mass is 9.73. The second-order valence-corrected chi connectivity index (χ2v) is 10.3. The fourth-order valence-corrected chi connectivity index (χ4v) is 6.62. The zero-order valence-corrected chi connectivity index (χ0v) is 21.8. The Hall–Kier alpha value is -3.17. The van der Waals surface area contributed by atoms with Gasteiger partial charge in [0.25, 0.3) is 5.91 Å². The Morgan fingerprint density at radius 2 is 1.73 bits per heavy atom. The maximum absolute atomic E-state index is 14.4. The van der Waals surface area contributed by atoms with Crippen molar-refractivity contribution in [1.82, 2.24) is 9.80 Å². The van der Waals surface area contributed by atoms with Crippen molar-refractivity contribution >= 4 is 23.4 Å². The van der Waals surface area contributed by atoms with Crippen molar-refractivity contribution in [3.63, 3.8) is 0 Å². The number of rotatable bonds is 6. The summed E-state index contributed by atoms with van der Waals surface area (Å²) in [5.41, 5.74) is -1.68. The molecule has 2 saturated heterocycles. The van der Waals surface area contributed by atoms with Gasteiger partial charge in [0.15, 0.2) is 0 Å². The molecule has 37 heavy (non-hydrogen) atoms. The van der Waals surface area contributed by atoms with Crippen LogP contribution >= 0.6 is 0 Å². The molecule has 1 unspecified atom stereocenters. The topological polar surface area (TPSA) is 99.6 Å². The highest BCUT2D eigenvalue weighted by molar-refractivity contribution is 6.06. The minimum absolute atomic E-state index is 0.170. The van der Waals surface area contributed by atoms with E-state index in [0.29, 0.717) is 30.8 Å². The first-order valence-corrected chi connectivity index (χ1v) is 13.0. The summed E-state index contributed by atoms with van der Waals surface area (Å²) < 4.78 is 12.2. The summed E-state index contributed by atoms with van der Waals surface area (Å²) in [5.74, 6) is -1.78. The number of carbonyl (C=O) groups is 3. The molecular formula is C28H35N3O6. The Bertz CT molecular complexity index is 1150. The van der Waals surface area contributed by atoms with E-state index in [4.69, 9.17) is 9.47 Å². The summed E-state index contributed by atoms with van der Waals surface area (Å²) in [4.78, 5) is 47.2. The third-order valence-electron chi connectivity index (χ3n) is 8.54. The quantitative estimate of drug-likeness (QED) is 0.587. The zero-order chi connectivity index (χ0) is 26.5. The van der Waals surface area contributed by atoms with E-state index < -0.39 is 35.1 Å². The summed E-state index contributed by atoms with van der Waals surface area (Å²) in [5, 5.41) is 10.2. The number of ether oxygens (including phenoxy) is 2. The first-order chi connectivity index (χ1) is 17.8. The van der Waals surface area contributed by atoms with Gasteiger partial charge >= 0.3 is 0 Å². The lowest BCUT2D eigenvalue weighted by molar-refractivity contribution is -0.152. The van der Waals surface area contributed by atoms with Crippen molar-refractivity contribution in [2.24, 2.45) is 11.8 Å². The van der Waals surface area contributed by atoms with Crippen LogP contribution in [0.5, 0.6) is 5.75 Å². The normalized spacial score (nSPS) is 33.7. The molecule has 1 N–H and O–H groups in total. The summed E-state index contributed by atoms with van der Waals surface area (Å²) in [6.07, 6.45) is 8.45. The minimum Gasteiger partial charge on any atom is -0.497 e. The number of carbonyl (C=O) groups excluding carboxylic acids is 3. The summed E-state index contributed by atoms with van der Waals surface area (Å²) >= 11 is 0. The lowest BCUT2D eigenvalue weighted by Gasteiger charge is -2.40. The molecule has 198 valence electrons. The number of nitrogens with zero attached hydrogens (tertiary/aromatic N) is 3. The summed E-state index contributed by atoms with van der Waals surface area (Å²) in [6.45, 7) is 4.23. The average molecular weight is 510 g/mol. The molecule has 9 nitrogen and oxygen atoms in total. The van der Waals surface area contributed by atoms with E-state index in [9.17, 15) is 19.5 Å². The predicted molar refractivity (Wildman–Crippen MR) is 137 cm³/mol. The first kappa shape index (κ1) is 25.5. The Labute approximate surface area is 217 Å². The molecular weight excluding hydrogens is 474 g/mol. The second kappa shape index (κ2) is 9.29.